The molecule has 2 N–H and O–H groups in total. The van der Waals surface area contributed by atoms with Crippen molar-refractivity contribution in [3.8, 4) is 5.75 Å². The van der Waals surface area contributed by atoms with Crippen molar-refractivity contribution in [2.75, 3.05) is 20.2 Å². The summed E-state index contributed by atoms with van der Waals surface area (Å²) in [5.41, 5.74) is 6.40. The number of nitrogens with zero attached hydrogens (tertiary/aromatic N) is 1. The molecule has 1 aromatic rings. The Morgan fingerprint density at radius 3 is 2.76 bits per heavy atom. The fourth-order valence-corrected chi connectivity index (χ4v) is 1.96. The smallest absolute Gasteiger partial charge is 0.257 e. The molecule has 5 heteroatoms. The number of likely N-dealkylation sites (tertiary alicyclic amines) is 1. The Bertz CT molecular complexity index is 398. The topological polar surface area (TPSA) is 55.6 Å². The number of halogens is 1. The van der Waals surface area contributed by atoms with E-state index >= 15 is 0 Å². The normalized spacial score (nSPS) is 18.7. The SMILES string of the molecule is COc1ccccc1C(=O)N1CC[C@H](N)C1.Cl. The molecule has 0 aliphatic carbocycles. The highest BCUT2D eigenvalue weighted by atomic mass is 35.5. The summed E-state index contributed by atoms with van der Waals surface area (Å²) in [7, 11) is 1.57. The summed E-state index contributed by atoms with van der Waals surface area (Å²) < 4.78 is 5.17. The van der Waals surface area contributed by atoms with Crippen molar-refractivity contribution in [1.82, 2.24) is 4.90 Å². The van der Waals surface area contributed by atoms with Gasteiger partial charge in [-0.25, -0.2) is 0 Å². The van der Waals surface area contributed by atoms with Gasteiger partial charge in [0.1, 0.15) is 5.75 Å². The number of nitrogens with two attached hydrogens (primary N) is 1. The van der Waals surface area contributed by atoms with E-state index < -0.39 is 0 Å². The van der Waals surface area contributed by atoms with E-state index in [1.807, 2.05) is 12.1 Å². The third-order valence-corrected chi connectivity index (χ3v) is 2.85. The molecule has 0 spiro atoms. The lowest BCUT2D eigenvalue weighted by atomic mass is 10.2. The van der Waals surface area contributed by atoms with Gasteiger partial charge in [-0.1, -0.05) is 12.1 Å². The number of para-hydroxylation sites is 1. The molecule has 94 valence electrons. The Kier molecular flexibility index (Phi) is 4.78. The molecule has 0 radical (unpaired) electrons. The van der Waals surface area contributed by atoms with Crippen LogP contribution in [0.25, 0.3) is 0 Å². The molecule has 0 bridgehead atoms. The van der Waals surface area contributed by atoms with Gasteiger partial charge in [0, 0.05) is 19.1 Å². The molecule has 1 heterocycles. The average molecular weight is 257 g/mol. The molecule has 0 aromatic heterocycles. The summed E-state index contributed by atoms with van der Waals surface area (Å²) >= 11 is 0. The van der Waals surface area contributed by atoms with Crippen LogP contribution in [0.2, 0.25) is 0 Å². The Balaban J connectivity index is 0.00000144. The zero-order valence-corrected chi connectivity index (χ0v) is 10.6. The Morgan fingerprint density at radius 1 is 1.47 bits per heavy atom. The van der Waals surface area contributed by atoms with Gasteiger partial charge < -0.3 is 15.4 Å². The second-order valence-corrected chi connectivity index (χ2v) is 4.00. The van der Waals surface area contributed by atoms with E-state index in [4.69, 9.17) is 10.5 Å². The second-order valence-electron chi connectivity index (χ2n) is 4.00. The number of carbonyl (C=O) groups excluding carboxylic acids is 1. The molecular weight excluding hydrogens is 240 g/mol. The van der Waals surface area contributed by atoms with Crippen LogP contribution in [0.1, 0.15) is 16.8 Å². The maximum atomic E-state index is 12.2. The maximum absolute atomic E-state index is 12.2. The van der Waals surface area contributed by atoms with Crippen LogP contribution >= 0.6 is 12.4 Å². The minimum atomic E-state index is 0. The number of benzene rings is 1. The van der Waals surface area contributed by atoms with Gasteiger partial charge >= 0.3 is 0 Å². The predicted octanol–water partition coefficient (Wildman–Crippen LogP) is 1.29. The van der Waals surface area contributed by atoms with Gasteiger partial charge in [0.15, 0.2) is 0 Å². The summed E-state index contributed by atoms with van der Waals surface area (Å²) in [4.78, 5) is 13.9. The van der Waals surface area contributed by atoms with Gasteiger partial charge in [0.25, 0.3) is 5.91 Å². The van der Waals surface area contributed by atoms with E-state index in [0.717, 1.165) is 13.0 Å². The van der Waals surface area contributed by atoms with E-state index in [-0.39, 0.29) is 24.4 Å². The minimum Gasteiger partial charge on any atom is -0.496 e. The summed E-state index contributed by atoms with van der Waals surface area (Å²) in [5.74, 6) is 0.623. The fourth-order valence-electron chi connectivity index (χ4n) is 1.96. The van der Waals surface area contributed by atoms with Crippen molar-refractivity contribution in [2.24, 2.45) is 5.73 Å². The van der Waals surface area contributed by atoms with Crippen LogP contribution in [-0.2, 0) is 0 Å². The van der Waals surface area contributed by atoms with Crippen molar-refractivity contribution in [3.63, 3.8) is 0 Å². The van der Waals surface area contributed by atoms with E-state index in [1.54, 1.807) is 24.1 Å². The zero-order valence-electron chi connectivity index (χ0n) is 9.76. The molecule has 4 nitrogen and oxygen atoms in total. The number of hydrogen-bond donors (Lipinski definition) is 1. The highest BCUT2D eigenvalue weighted by Gasteiger charge is 2.25. The van der Waals surface area contributed by atoms with Crippen LogP contribution in [0.4, 0.5) is 0 Å². The Morgan fingerprint density at radius 2 is 2.18 bits per heavy atom. The standard InChI is InChI=1S/C12H16N2O2.ClH/c1-16-11-5-3-2-4-10(11)12(15)14-7-6-9(13)8-14;/h2-5,9H,6-8,13H2,1H3;1H/t9-;/m0./s1. The second kappa shape index (κ2) is 5.89. The molecular formula is C12H17ClN2O2. The molecule has 0 unspecified atom stereocenters. The van der Waals surface area contributed by atoms with Crippen LogP contribution < -0.4 is 10.5 Å². The molecule has 17 heavy (non-hydrogen) atoms. The lowest BCUT2D eigenvalue weighted by Gasteiger charge is -2.17. The lowest BCUT2D eigenvalue weighted by molar-refractivity contribution is 0.0787. The largest absolute Gasteiger partial charge is 0.496 e. The minimum absolute atomic E-state index is 0. The van der Waals surface area contributed by atoms with E-state index in [9.17, 15) is 4.79 Å². The van der Waals surface area contributed by atoms with Crippen molar-refractivity contribution in [1.29, 1.82) is 0 Å². The molecule has 1 saturated heterocycles. The number of methoxy groups -OCH3 is 1. The number of hydrogen-bond acceptors (Lipinski definition) is 3. The van der Waals surface area contributed by atoms with E-state index in [2.05, 4.69) is 0 Å². The molecule has 1 atom stereocenters. The molecule has 1 aliphatic rings. The summed E-state index contributed by atoms with van der Waals surface area (Å²) in [5, 5.41) is 0. The molecule has 1 aliphatic heterocycles. The van der Waals surface area contributed by atoms with Crippen molar-refractivity contribution < 1.29 is 9.53 Å². The summed E-state index contributed by atoms with van der Waals surface area (Å²) in [6.07, 6.45) is 0.876. The monoisotopic (exact) mass is 256 g/mol. The quantitative estimate of drug-likeness (QED) is 0.868. The highest BCUT2D eigenvalue weighted by molar-refractivity contribution is 5.97. The van der Waals surface area contributed by atoms with Gasteiger partial charge in [-0.05, 0) is 18.6 Å². The van der Waals surface area contributed by atoms with Crippen LogP contribution in [0.3, 0.4) is 0 Å². The summed E-state index contributed by atoms with van der Waals surface area (Å²) in [6, 6.07) is 7.38. The van der Waals surface area contributed by atoms with Crippen molar-refractivity contribution in [2.45, 2.75) is 12.5 Å². The van der Waals surface area contributed by atoms with Crippen LogP contribution in [-0.4, -0.2) is 37.0 Å². The Labute approximate surface area is 107 Å². The fraction of sp³-hybridized carbons (Fsp3) is 0.417. The third-order valence-electron chi connectivity index (χ3n) is 2.85. The molecule has 1 amide bonds. The Hall–Kier alpha value is -1.26. The van der Waals surface area contributed by atoms with E-state index in [1.165, 1.54) is 0 Å². The zero-order chi connectivity index (χ0) is 11.5. The lowest BCUT2D eigenvalue weighted by Crippen LogP contribution is -2.32. The highest BCUT2D eigenvalue weighted by Crippen LogP contribution is 2.21. The van der Waals surface area contributed by atoms with Crippen LogP contribution in [0, 0.1) is 0 Å². The van der Waals surface area contributed by atoms with Crippen LogP contribution in [0.15, 0.2) is 24.3 Å². The van der Waals surface area contributed by atoms with Crippen molar-refractivity contribution >= 4 is 18.3 Å². The number of rotatable bonds is 2. The summed E-state index contributed by atoms with van der Waals surface area (Å²) in [6.45, 7) is 1.37. The average Bonchev–Trinajstić information content (AvgIpc) is 2.75. The van der Waals surface area contributed by atoms with Crippen LogP contribution in [0.5, 0.6) is 5.75 Å². The number of carbonyl (C=O) groups is 1. The first kappa shape index (κ1) is 13.8. The first-order valence-electron chi connectivity index (χ1n) is 5.40. The predicted molar refractivity (Wildman–Crippen MR) is 68.7 cm³/mol. The first-order valence-corrected chi connectivity index (χ1v) is 5.40. The molecule has 1 aromatic carbocycles. The molecule has 1 fully saturated rings. The maximum Gasteiger partial charge on any atom is 0.257 e. The van der Waals surface area contributed by atoms with Gasteiger partial charge in [-0.3, -0.25) is 4.79 Å². The number of amides is 1. The molecule has 0 saturated carbocycles. The van der Waals surface area contributed by atoms with Gasteiger partial charge in [0.05, 0.1) is 12.7 Å². The number of ether oxygens (including phenoxy) is 1. The van der Waals surface area contributed by atoms with Gasteiger partial charge in [-0.15, -0.1) is 12.4 Å². The van der Waals surface area contributed by atoms with Gasteiger partial charge in [0.2, 0.25) is 0 Å². The van der Waals surface area contributed by atoms with E-state index in [0.29, 0.717) is 17.9 Å². The van der Waals surface area contributed by atoms with Gasteiger partial charge in [-0.2, -0.15) is 0 Å². The first-order chi connectivity index (χ1) is 7.72. The molecule has 2 rings (SSSR count). The third kappa shape index (κ3) is 2.90. The van der Waals surface area contributed by atoms with Crippen molar-refractivity contribution in [3.05, 3.63) is 29.8 Å².